The van der Waals surface area contributed by atoms with Crippen LogP contribution in [0.25, 0.3) is 0 Å². The highest BCUT2D eigenvalue weighted by Crippen LogP contribution is 2.18. The van der Waals surface area contributed by atoms with E-state index in [4.69, 9.17) is 0 Å². The van der Waals surface area contributed by atoms with Crippen molar-refractivity contribution in [1.29, 1.82) is 0 Å². The van der Waals surface area contributed by atoms with E-state index in [0.29, 0.717) is 0 Å². The summed E-state index contributed by atoms with van der Waals surface area (Å²) < 4.78 is 25.6. The fourth-order valence-corrected chi connectivity index (χ4v) is 2.77. The second kappa shape index (κ2) is 6.83. The van der Waals surface area contributed by atoms with Crippen LogP contribution in [0.1, 0.15) is 18.5 Å². The first-order chi connectivity index (χ1) is 9.32. The van der Waals surface area contributed by atoms with E-state index in [1.807, 2.05) is 14.0 Å². The van der Waals surface area contributed by atoms with Gasteiger partial charge in [-0.3, -0.25) is 4.79 Å². The lowest BCUT2D eigenvalue weighted by Crippen LogP contribution is -2.36. The van der Waals surface area contributed by atoms with E-state index in [0.717, 1.165) is 9.87 Å². The lowest BCUT2D eigenvalue weighted by molar-refractivity contribution is -0.120. The van der Waals surface area contributed by atoms with Gasteiger partial charge in [0.1, 0.15) is 0 Å². The van der Waals surface area contributed by atoms with Crippen LogP contribution in [0.3, 0.4) is 0 Å². The summed E-state index contributed by atoms with van der Waals surface area (Å²) in [5.74, 6) is -0.350. The van der Waals surface area contributed by atoms with Gasteiger partial charge in [0.05, 0.1) is 11.4 Å². The first-order valence-electron chi connectivity index (χ1n) is 6.27. The van der Waals surface area contributed by atoms with Gasteiger partial charge in [-0.15, -0.1) is 0 Å². The van der Waals surface area contributed by atoms with Crippen LogP contribution >= 0.6 is 0 Å². The van der Waals surface area contributed by atoms with E-state index < -0.39 is 10.0 Å². The summed E-state index contributed by atoms with van der Waals surface area (Å²) in [5, 5.41) is 5.48. The SMILES string of the molecule is CNC(=O)CN(C)S(=O)(=O)c1ccc(C(C)NC)cc1. The highest BCUT2D eigenvalue weighted by molar-refractivity contribution is 7.89. The zero-order valence-electron chi connectivity index (χ0n) is 12.2. The zero-order valence-corrected chi connectivity index (χ0v) is 13.0. The number of benzene rings is 1. The molecule has 0 bridgehead atoms. The molecule has 0 aliphatic carbocycles. The Kier molecular flexibility index (Phi) is 5.67. The summed E-state index contributed by atoms with van der Waals surface area (Å²) in [5.41, 5.74) is 1.00. The summed E-state index contributed by atoms with van der Waals surface area (Å²) in [6.07, 6.45) is 0. The minimum Gasteiger partial charge on any atom is -0.358 e. The summed E-state index contributed by atoms with van der Waals surface area (Å²) in [6.45, 7) is 1.79. The Morgan fingerprint density at radius 1 is 1.25 bits per heavy atom. The number of likely N-dealkylation sites (N-methyl/N-ethyl adjacent to an activating group) is 2. The summed E-state index contributed by atoms with van der Waals surface area (Å²) in [6, 6.07) is 6.79. The second-order valence-corrected chi connectivity index (χ2v) is 6.56. The van der Waals surface area contributed by atoms with E-state index in [-0.39, 0.29) is 23.4 Å². The van der Waals surface area contributed by atoms with Crippen LogP contribution < -0.4 is 10.6 Å². The highest BCUT2D eigenvalue weighted by atomic mass is 32.2. The van der Waals surface area contributed by atoms with E-state index >= 15 is 0 Å². The lowest BCUT2D eigenvalue weighted by atomic mass is 10.1. The van der Waals surface area contributed by atoms with E-state index in [1.54, 1.807) is 24.3 Å². The molecule has 0 aromatic heterocycles. The predicted molar refractivity (Wildman–Crippen MR) is 77.8 cm³/mol. The van der Waals surface area contributed by atoms with Crippen LogP contribution in [0.4, 0.5) is 0 Å². The third-order valence-electron chi connectivity index (χ3n) is 3.17. The fraction of sp³-hybridized carbons (Fsp3) is 0.462. The zero-order chi connectivity index (χ0) is 15.3. The van der Waals surface area contributed by atoms with Crippen molar-refractivity contribution in [2.75, 3.05) is 27.7 Å². The number of nitrogens with one attached hydrogen (secondary N) is 2. The molecule has 1 aromatic rings. The van der Waals surface area contributed by atoms with Gasteiger partial charge in [-0.05, 0) is 31.7 Å². The quantitative estimate of drug-likeness (QED) is 0.793. The number of sulfonamides is 1. The minimum absolute atomic E-state index is 0.148. The predicted octanol–water partition coefficient (Wildman–Crippen LogP) is 0.334. The molecule has 1 amide bonds. The molecule has 0 aliphatic rings. The summed E-state index contributed by atoms with van der Waals surface area (Å²) in [4.78, 5) is 11.4. The number of rotatable bonds is 6. The maximum Gasteiger partial charge on any atom is 0.243 e. The standard InChI is InChI=1S/C13H21N3O3S/c1-10(14-2)11-5-7-12(8-6-11)20(18,19)16(4)9-13(17)15-3/h5-8,10,14H,9H2,1-4H3,(H,15,17). The van der Waals surface area contributed by atoms with Crippen LogP contribution in [0.15, 0.2) is 29.2 Å². The van der Waals surface area contributed by atoms with Crippen molar-refractivity contribution in [3.8, 4) is 0 Å². The second-order valence-electron chi connectivity index (χ2n) is 4.51. The average molecular weight is 299 g/mol. The molecule has 1 atom stereocenters. The van der Waals surface area contributed by atoms with Crippen LogP contribution in [-0.2, 0) is 14.8 Å². The van der Waals surface area contributed by atoms with E-state index in [1.165, 1.54) is 14.1 Å². The number of hydrogen-bond donors (Lipinski definition) is 2. The summed E-state index contributed by atoms with van der Waals surface area (Å²) >= 11 is 0. The molecule has 1 unspecified atom stereocenters. The molecule has 0 radical (unpaired) electrons. The van der Waals surface area contributed by atoms with Gasteiger partial charge in [0, 0.05) is 20.1 Å². The number of amides is 1. The maximum absolute atomic E-state index is 12.3. The Balaban J connectivity index is 2.95. The van der Waals surface area contributed by atoms with E-state index in [9.17, 15) is 13.2 Å². The first-order valence-corrected chi connectivity index (χ1v) is 7.71. The Bertz CT molecular complexity index is 555. The van der Waals surface area contributed by atoms with Crippen molar-refractivity contribution in [1.82, 2.24) is 14.9 Å². The Hall–Kier alpha value is -1.44. The van der Waals surface area contributed by atoms with Gasteiger partial charge in [0.2, 0.25) is 15.9 Å². The van der Waals surface area contributed by atoms with Crippen LogP contribution in [0.2, 0.25) is 0 Å². The monoisotopic (exact) mass is 299 g/mol. The molecule has 20 heavy (non-hydrogen) atoms. The number of carbonyl (C=O) groups is 1. The fourth-order valence-electron chi connectivity index (χ4n) is 1.64. The summed E-state index contributed by atoms with van der Waals surface area (Å²) in [7, 11) is 1.05. The molecule has 6 nitrogen and oxygen atoms in total. The number of nitrogens with zero attached hydrogens (tertiary/aromatic N) is 1. The Morgan fingerprint density at radius 2 is 1.80 bits per heavy atom. The molecular formula is C13H21N3O3S. The van der Waals surface area contributed by atoms with E-state index in [2.05, 4.69) is 10.6 Å². The van der Waals surface area contributed by atoms with Crippen molar-refractivity contribution >= 4 is 15.9 Å². The smallest absolute Gasteiger partial charge is 0.243 e. The molecule has 0 spiro atoms. The van der Waals surface area contributed by atoms with Crippen molar-refractivity contribution in [2.24, 2.45) is 0 Å². The molecule has 0 saturated carbocycles. The van der Waals surface area contributed by atoms with Gasteiger partial charge in [-0.2, -0.15) is 4.31 Å². The minimum atomic E-state index is -3.64. The van der Waals surface area contributed by atoms with Gasteiger partial charge in [-0.1, -0.05) is 12.1 Å². The van der Waals surface area contributed by atoms with Crippen LogP contribution in [-0.4, -0.2) is 46.3 Å². The highest BCUT2D eigenvalue weighted by Gasteiger charge is 2.22. The molecule has 0 aliphatic heterocycles. The largest absolute Gasteiger partial charge is 0.358 e. The van der Waals surface area contributed by atoms with Gasteiger partial charge in [0.15, 0.2) is 0 Å². The maximum atomic E-state index is 12.3. The van der Waals surface area contributed by atoms with Gasteiger partial charge in [0.25, 0.3) is 0 Å². The van der Waals surface area contributed by atoms with Crippen molar-refractivity contribution in [2.45, 2.75) is 17.9 Å². The molecule has 1 aromatic carbocycles. The van der Waals surface area contributed by atoms with Crippen molar-refractivity contribution in [3.63, 3.8) is 0 Å². The van der Waals surface area contributed by atoms with Crippen LogP contribution in [0, 0.1) is 0 Å². The van der Waals surface area contributed by atoms with Gasteiger partial charge in [-0.25, -0.2) is 8.42 Å². The first kappa shape index (κ1) is 16.6. The Labute approximate surface area is 120 Å². The molecule has 112 valence electrons. The lowest BCUT2D eigenvalue weighted by Gasteiger charge is -2.17. The molecule has 7 heteroatoms. The number of hydrogen-bond acceptors (Lipinski definition) is 4. The third kappa shape index (κ3) is 3.78. The van der Waals surface area contributed by atoms with Crippen molar-refractivity contribution in [3.05, 3.63) is 29.8 Å². The molecule has 2 N–H and O–H groups in total. The van der Waals surface area contributed by atoms with Gasteiger partial charge < -0.3 is 10.6 Å². The normalized spacial score (nSPS) is 13.2. The molecular weight excluding hydrogens is 278 g/mol. The van der Waals surface area contributed by atoms with Gasteiger partial charge >= 0.3 is 0 Å². The Morgan fingerprint density at radius 3 is 2.25 bits per heavy atom. The van der Waals surface area contributed by atoms with Crippen LogP contribution in [0.5, 0.6) is 0 Å². The molecule has 1 rings (SSSR count). The average Bonchev–Trinajstić information content (AvgIpc) is 2.46. The molecule has 0 heterocycles. The third-order valence-corrected chi connectivity index (χ3v) is 4.98. The molecule has 0 saturated heterocycles. The topological polar surface area (TPSA) is 78.5 Å². The molecule has 0 fully saturated rings. The number of carbonyl (C=O) groups excluding carboxylic acids is 1. The van der Waals surface area contributed by atoms with Crippen molar-refractivity contribution < 1.29 is 13.2 Å².